The summed E-state index contributed by atoms with van der Waals surface area (Å²) in [6.45, 7) is 0. The van der Waals surface area contributed by atoms with E-state index in [0.29, 0.717) is 6.07 Å². The van der Waals surface area contributed by atoms with Crippen LogP contribution in [0.2, 0.25) is 5.02 Å². The first-order valence-electron chi connectivity index (χ1n) is 2.22. The molecule has 9 heavy (non-hydrogen) atoms. The van der Waals surface area contributed by atoms with E-state index in [1.165, 1.54) is 0 Å². The van der Waals surface area contributed by atoms with E-state index < -0.39 is 11.6 Å². The normalized spacial score (nSPS) is 9.67. The highest BCUT2D eigenvalue weighted by atomic mass is 35.5. The molecule has 1 radical (unpaired) electrons. The molecule has 0 aliphatic rings. The van der Waals surface area contributed by atoms with Gasteiger partial charge in [0, 0.05) is 12.1 Å². The zero-order valence-electron chi connectivity index (χ0n) is 4.29. The summed E-state index contributed by atoms with van der Waals surface area (Å²) in [6, 6.07) is 3.87. The molecule has 0 nitrogen and oxygen atoms in total. The van der Waals surface area contributed by atoms with Crippen LogP contribution in [0.25, 0.3) is 0 Å². The van der Waals surface area contributed by atoms with E-state index in [2.05, 4.69) is 6.07 Å². The van der Waals surface area contributed by atoms with Crippen LogP contribution in [0.4, 0.5) is 8.78 Å². The molecular formula is C6H2ClF2. The van der Waals surface area contributed by atoms with Gasteiger partial charge in [-0.25, -0.2) is 8.78 Å². The van der Waals surface area contributed by atoms with Gasteiger partial charge in [-0.15, -0.1) is 0 Å². The average Bonchev–Trinajstić information content (AvgIpc) is 1.80. The predicted octanol–water partition coefficient (Wildman–Crippen LogP) is 2.42. The predicted molar refractivity (Wildman–Crippen MR) is 30.2 cm³/mol. The molecule has 0 aliphatic carbocycles. The molecule has 1 rings (SSSR count). The van der Waals surface area contributed by atoms with Crippen molar-refractivity contribution in [3.8, 4) is 0 Å². The van der Waals surface area contributed by atoms with Gasteiger partial charge in [0.05, 0.1) is 5.02 Å². The second-order valence-electron chi connectivity index (χ2n) is 1.48. The summed E-state index contributed by atoms with van der Waals surface area (Å²) in [5.41, 5.74) is 0. The van der Waals surface area contributed by atoms with Gasteiger partial charge in [-0.2, -0.15) is 0 Å². The van der Waals surface area contributed by atoms with E-state index in [9.17, 15) is 8.78 Å². The zero-order chi connectivity index (χ0) is 6.85. The van der Waals surface area contributed by atoms with Gasteiger partial charge in [-0.05, 0) is 6.07 Å². The molecule has 1 aromatic rings. The lowest BCUT2D eigenvalue weighted by Crippen LogP contribution is -1.78. The molecule has 0 unspecified atom stereocenters. The van der Waals surface area contributed by atoms with Crippen molar-refractivity contribution in [3.05, 3.63) is 34.9 Å². The summed E-state index contributed by atoms with van der Waals surface area (Å²) >= 11 is 5.18. The van der Waals surface area contributed by atoms with Gasteiger partial charge in [0.1, 0.15) is 11.6 Å². The van der Waals surface area contributed by atoms with Crippen molar-refractivity contribution < 1.29 is 8.78 Å². The lowest BCUT2D eigenvalue weighted by molar-refractivity contribution is 0.583. The second kappa shape index (κ2) is 2.31. The van der Waals surface area contributed by atoms with Gasteiger partial charge in [-0.3, -0.25) is 0 Å². The van der Waals surface area contributed by atoms with Crippen molar-refractivity contribution >= 4 is 11.6 Å². The Labute approximate surface area is 56.1 Å². The van der Waals surface area contributed by atoms with Crippen LogP contribution >= 0.6 is 11.6 Å². The smallest absolute Gasteiger partial charge is 0.145 e. The summed E-state index contributed by atoms with van der Waals surface area (Å²) in [4.78, 5) is 0. The first kappa shape index (κ1) is 6.49. The van der Waals surface area contributed by atoms with Crippen LogP contribution in [-0.4, -0.2) is 0 Å². The quantitative estimate of drug-likeness (QED) is 0.495. The standard InChI is InChI=1S/C6H2ClF2/c7-5-2-1-4(8)3-6(5)9/h1,3H. The van der Waals surface area contributed by atoms with E-state index in [1.54, 1.807) is 0 Å². The maximum atomic E-state index is 12.2. The Bertz CT molecular complexity index is 222. The van der Waals surface area contributed by atoms with Crippen LogP contribution in [0.15, 0.2) is 12.1 Å². The summed E-state index contributed by atoms with van der Waals surface area (Å²) in [6.07, 6.45) is 0. The number of rotatable bonds is 0. The summed E-state index contributed by atoms with van der Waals surface area (Å²) in [7, 11) is 0. The molecular weight excluding hydrogens is 146 g/mol. The molecule has 0 spiro atoms. The molecule has 0 bridgehead atoms. The zero-order valence-corrected chi connectivity index (χ0v) is 5.04. The van der Waals surface area contributed by atoms with Crippen molar-refractivity contribution in [1.82, 2.24) is 0 Å². The van der Waals surface area contributed by atoms with E-state index in [4.69, 9.17) is 11.6 Å². The van der Waals surface area contributed by atoms with Crippen molar-refractivity contribution in [2.45, 2.75) is 0 Å². The summed E-state index contributed by atoms with van der Waals surface area (Å²) in [5.74, 6) is -1.45. The topological polar surface area (TPSA) is 0 Å². The highest BCUT2D eigenvalue weighted by molar-refractivity contribution is 6.30. The van der Waals surface area contributed by atoms with Gasteiger partial charge >= 0.3 is 0 Å². The first-order valence-corrected chi connectivity index (χ1v) is 2.60. The van der Waals surface area contributed by atoms with Crippen LogP contribution in [0.5, 0.6) is 0 Å². The van der Waals surface area contributed by atoms with Crippen molar-refractivity contribution in [2.24, 2.45) is 0 Å². The Morgan fingerprint density at radius 2 is 2.11 bits per heavy atom. The number of hydrogen-bond acceptors (Lipinski definition) is 0. The van der Waals surface area contributed by atoms with Crippen molar-refractivity contribution in [2.75, 3.05) is 0 Å². The fourth-order valence-electron chi connectivity index (χ4n) is 0.427. The third kappa shape index (κ3) is 1.39. The molecule has 0 amide bonds. The average molecular weight is 148 g/mol. The minimum Gasteiger partial charge on any atom is -0.207 e. The Morgan fingerprint density at radius 3 is 2.56 bits per heavy atom. The highest BCUT2D eigenvalue weighted by Gasteiger charge is 1.98. The maximum Gasteiger partial charge on any atom is 0.145 e. The Hall–Kier alpha value is -0.630. The van der Waals surface area contributed by atoms with Crippen LogP contribution in [0, 0.1) is 17.7 Å². The Balaban J connectivity index is 3.17. The van der Waals surface area contributed by atoms with E-state index in [-0.39, 0.29) is 5.02 Å². The minimum absolute atomic E-state index is 0.184. The van der Waals surface area contributed by atoms with Gasteiger partial charge < -0.3 is 0 Å². The Kier molecular flexibility index (Phi) is 1.67. The monoisotopic (exact) mass is 147 g/mol. The first-order chi connectivity index (χ1) is 4.20. The fourth-order valence-corrected chi connectivity index (χ4v) is 0.536. The van der Waals surface area contributed by atoms with E-state index in [1.807, 2.05) is 0 Å². The molecule has 0 N–H and O–H groups in total. The number of halogens is 3. The van der Waals surface area contributed by atoms with Crippen LogP contribution in [0.1, 0.15) is 0 Å². The van der Waals surface area contributed by atoms with E-state index in [0.717, 1.165) is 6.07 Å². The molecule has 47 valence electrons. The van der Waals surface area contributed by atoms with Crippen LogP contribution in [-0.2, 0) is 0 Å². The van der Waals surface area contributed by atoms with Gasteiger partial charge in [0.15, 0.2) is 0 Å². The third-order valence-corrected chi connectivity index (χ3v) is 1.10. The lowest BCUT2D eigenvalue weighted by Gasteiger charge is -1.89. The largest absolute Gasteiger partial charge is 0.207 e. The molecule has 0 atom stereocenters. The minimum atomic E-state index is -0.781. The van der Waals surface area contributed by atoms with Gasteiger partial charge in [0.2, 0.25) is 0 Å². The molecule has 0 aliphatic heterocycles. The van der Waals surface area contributed by atoms with Crippen LogP contribution < -0.4 is 0 Å². The highest BCUT2D eigenvalue weighted by Crippen LogP contribution is 2.13. The molecule has 1 aromatic carbocycles. The third-order valence-electron chi connectivity index (χ3n) is 0.811. The van der Waals surface area contributed by atoms with E-state index >= 15 is 0 Å². The fraction of sp³-hybridized carbons (Fsp3) is 0. The SMILES string of the molecule is Fc1c[c]c(Cl)c(F)c1. The summed E-state index contributed by atoms with van der Waals surface area (Å²) in [5, 5.41) is -0.184. The molecule has 0 heterocycles. The van der Waals surface area contributed by atoms with Crippen molar-refractivity contribution in [3.63, 3.8) is 0 Å². The number of benzene rings is 1. The van der Waals surface area contributed by atoms with Gasteiger partial charge in [-0.1, -0.05) is 11.6 Å². The summed E-state index contributed by atoms with van der Waals surface area (Å²) < 4.78 is 24.2. The van der Waals surface area contributed by atoms with Crippen molar-refractivity contribution in [1.29, 1.82) is 0 Å². The second-order valence-corrected chi connectivity index (χ2v) is 1.86. The molecule has 0 fully saturated rings. The Morgan fingerprint density at radius 1 is 1.44 bits per heavy atom. The lowest BCUT2D eigenvalue weighted by atomic mass is 10.3. The van der Waals surface area contributed by atoms with Crippen LogP contribution in [0.3, 0.4) is 0 Å². The number of hydrogen-bond donors (Lipinski definition) is 0. The molecule has 0 aromatic heterocycles. The maximum absolute atomic E-state index is 12.2. The van der Waals surface area contributed by atoms with Gasteiger partial charge in [0.25, 0.3) is 0 Å². The molecule has 3 heteroatoms. The molecule has 0 saturated carbocycles. The molecule has 0 saturated heterocycles.